The lowest BCUT2D eigenvalue weighted by Gasteiger charge is -2.26. The van der Waals surface area contributed by atoms with Crippen molar-refractivity contribution in [3.63, 3.8) is 0 Å². The molecule has 28 heavy (non-hydrogen) atoms. The van der Waals surface area contributed by atoms with Gasteiger partial charge in [0.1, 0.15) is 18.4 Å². The molecule has 1 fully saturated rings. The van der Waals surface area contributed by atoms with Crippen molar-refractivity contribution in [3.8, 4) is 0 Å². The van der Waals surface area contributed by atoms with Crippen molar-refractivity contribution in [2.45, 2.75) is 31.0 Å². The number of alkyl halides is 3. The summed E-state index contributed by atoms with van der Waals surface area (Å²) in [6.45, 7) is 0.102. The number of halogens is 5. The summed E-state index contributed by atoms with van der Waals surface area (Å²) < 4.78 is 72.6. The van der Waals surface area contributed by atoms with Crippen LogP contribution in [0, 0.1) is 11.6 Å². The maximum atomic E-state index is 13.5. The molecule has 0 aromatic heterocycles. The van der Waals surface area contributed by atoms with Crippen LogP contribution < -0.4 is 0 Å². The van der Waals surface area contributed by atoms with Crippen LogP contribution in [-0.4, -0.2) is 36.4 Å². The number of benzene rings is 2. The summed E-state index contributed by atoms with van der Waals surface area (Å²) in [7, 11) is 0. The molecule has 0 aliphatic carbocycles. The van der Waals surface area contributed by atoms with E-state index in [0.717, 1.165) is 5.56 Å². The van der Waals surface area contributed by atoms with E-state index in [9.17, 15) is 26.7 Å². The molecule has 2 atom stereocenters. The van der Waals surface area contributed by atoms with Crippen molar-refractivity contribution in [2.24, 2.45) is 0 Å². The average molecular weight is 399 g/mol. The van der Waals surface area contributed by atoms with E-state index >= 15 is 0 Å². The number of rotatable bonds is 5. The second-order valence-corrected chi connectivity index (χ2v) is 6.71. The Labute approximate surface area is 158 Å². The molecule has 0 N–H and O–H groups in total. The molecule has 1 heterocycles. The SMILES string of the molecule is O=C(C[C@@H](c1cc(F)cc(F)c1)C(F)(F)F)N1COC[C@@H]1Cc1ccccc1. The third-order valence-electron chi connectivity index (χ3n) is 4.68. The zero-order valence-corrected chi connectivity index (χ0v) is 14.8. The summed E-state index contributed by atoms with van der Waals surface area (Å²) in [6.07, 6.45) is -5.33. The zero-order chi connectivity index (χ0) is 20.3. The van der Waals surface area contributed by atoms with Gasteiger partial charge < -0.3 is 9.64 Å². The Kier molecular flexibility index (Phi) is 5.98. The van der Waals surface area contributed by atoms with Crippen LogP contribution in [0.5, 0.6) is 0 Å². The largest absolute Gasteiger partial charge is 0.396 e. The minimum Gasteiger partial charge on any atom is -0.359 e. The van der Waals surface area contributed by atoms with Gasteiger partial charge >= 0.3 is 6.18 Å². The first-order valence-electron chi connectivity index (χ1n) is 8.68. The molecule has 0 bridgehead atoms. The fourth-order valence-electron chi connectivity index (χ4n) is 3.30. The lowest BCUT2D eigenvalue weighted by atomic mass is 9.93. The number of hydrogen-bond acceptors (Lipinski definition) is 2. The van der Waals surface area contributed by atoms with Gasteiger partial charge in [0.05, 0.1) is 18.6 Å². The highest BCUT2D eigenvalue weighted by molar-refractivity contribution is 5.77. The molecule has 1 aliphatic heterocycles. The quantitative estimate of drug-likeness (QED) is 0.697. The Bertz CT molecular complexity index is 805. The standard InChI is InChI=1S/C20H18F5NO2/c21-15-7-14(8-16(22)9-15)18(20(23,24)25)10-19(27)26-12-28-11-17(26)6-13-4-2-1-3-5-13/h1-5,7-9,17-18H,6,10-12H2/t17-,18-/m0/s1. The molecule has 2 aromatic carbocycles. The van der Waals surface area contributed by atoms with Gasteiger partial charge in [-0.3, -0.25) is 4.79 Å². The van der Waals surface area contributed by atoms with Crippen LogP contribution in [0.15, 0.2) is 48.5 Å². The average Bonchev–Trinajstić information content (AvgIpc) is 3.06. The minimum atomic E-state index is -4.83. The van der Waals surface area contributed by atoms with Crippen molar-refractivity contribution >= 4 is 5.91 Å². The van der Waals surface area contributed by atoms with Crippen LogP contribution >= 0.6 is 0 Å². The molecule has 0 spiro atoms. The Morgan fingerprint density at radius 1 is 1.11 bits per heavy atom. The smallest absolute Gasteiger partial charge is 0.359 e. The topological polar surface area (TPSA) is 29.5 Å². The predicted octanol–water partition coefficient (Wildman–Crippen LogP) is 4.43. The van der Waals surface area contributed by atoms with Gasteiger partial charge in [-0.25, -0.2) is 8.78 Å². The maximum Gasteiger partial charge on any atom is 0.396 e. The van der Waals surface area contributed by atoms with Gasteiger partial charge in [0, 0.05) is 12.5 Å². The lowest BCUT2D eigenvalue weighted by Crippen LogP contribution is -2.40. The number of carbonyl (C=O) groups is 1. The van der Waals surface area contributed by atoms with Crippen LogP contribution in [-0.2, 0) is 16.0 Å². The Morgan fingerprint density at radius 2 is 1.75 bits per heavy atom. The first kappa shape index (κ1) is 20.3. The molecule has 1 saturated heterocycles. The van der Waals surface area contributed by atoms with Gasteiger partial charge in [0.25, 0.3) is 0 Å². The summed E-state index contributed by atoms with van der Waals surface area (Å²) in [4.78, 5) is 13.9. The molecule has 8 heteroatoms. The summed E-state index contributed by atoms with van der Waals surface area (Å²) >= 11 is 0. The number of amides is 1. The first-order chi connectivity index (χ1) is 13.2. The Hall–Kier alpha value is -2.48. The third kappa shape index (κ3) is 4.86. The maximum absolute atomic E-state index is 13.5. The predicted molar refractivity (Wildman–Crippen MR) is 91.4 cm³/mol. The summed E-state index contributed by atoms with van der Waals surface area (Å²) in [6, 6.07) is 10.5. The molecule has 150 valence electrons. The molecule has 3 nitrogen and oxygen atoms in total. The highest BCUT2D eigenvalue weighted by Gasteiger charge is 2.44. The van der Waals surface area contributed by atoms with E-state index in [4.69, 9.17) is 4.74 Å². The Morgan fingerprint density at radius 3 is 2.36 bits per heavy atom. The second kappa shape index (κ2) is 8.26. The van der Waals surface area contributed by atoms with Crippen LogP contribution in [0.3, 0.4) is 0 Å². The van der Waals surface area contributed by atoms with Crippen LogP contribution in [0.4, 0.5) is 22.0 Å². The molecular formula is C20H18F5NO2. The van der Waals surface area contributed by atoms with Gasteiger partial charge in [-0.1, -0.05) is 30.3 Å². The lowest BCUT2D eigenvalue weighted by molar-refractivity contribution is -0.161. The van der Waals surface area contributed by atoms with E-state index in [-0.39, 0.29) is 13.3 Å². The highest BCUT2D eigenvalue weighted by atomic mass is 19.4. The van der Waals surface area contributed by atoms with Crippen molar-refractivity contribution < 1.29 is 31.5 Å². The van der Waals surface area contributed by atoms with Gasteiger partial charge in [0.2, 0.25) is 5.91 Å². The number of carbonyl (C=O) groups excluding carboxylic acids is 1. The van der Waals surface area contributed by atoms with E-state index in [0.29, 0.717) is 24.6 Å². The fraction of sp³-hybridized carbons (Fsp3) is 0.350. The molecule has 0 unspecified atom stereocenters. The Balaban J connectivity index is 1.77. The van der Waals surface area contributed by atoms with E-state index in [1.807, 2.05) is 30.3 Å². The van der Waals surface area contributed by atoms with Crippen LogP contribution in [0.25, 0.3) is 0 Å². The molecular weight excluding hydrogens is 381 g/mol. The number of nitrogens with zero attached hydrogens (tertiary/aromatic N) is 1. The normalized spacial score (nSPS) is 18.3. The summed E-state index contributed by atoms with van der Waals surface area (Å²) in [5, 5.41) is 0. The molecule has 3 rings (SSSR count). The van der Waals surface area contributed by atoms with Gasteiger partial charge in [-0.05, 0) is 29.7 Å². The van der Waals surface area contributed by atoms with Crippen molar-refractivity contribution in [1.82, 2.24) is 4.90 Å². The van der Waals surface area contributed by atoms with Crippen LogP contribution in [0.1, 0.15) is 23.5 Å². The van der Waals surface area contributed by atoms with Gasteiger partial charge in [-0.2, -0.15) is 13.2 Å². The summed E-state index contributed by atoms with van der Waals surface area (Å²) in [5.41, 5.74) is 0.313. The molecule has 0 radical (unpaired) electrons. The van der Waals surface area contributed by atoms with Crippen molar-refractivity contribution in [3.05, 3.63) is 71.3 Å². The van der Waals surface area contributed by atoms with E-state index in [1.54, 1.807) is 0 Å². The molecule has 0 saturated carbocycles. The molecule has 1 amide bonds. The van der Waals surface area contributed by atoms with Gasteiger partial charge in [-0.15, -0.1) is 0 Å². The molecule has 2 aromatic rings. The zero-order valence-electron chi connectivity index (χ0n) is 14.8. The van der Waals surface area contributed by atoms with E-state index < -0.39 is 47.7 Å². The van der Waals surface area contributed by atoms with Crippen LogP contribution in [0.2, 0.25) is 0 Å². The van der Waals surface area contributed by atoms with Crippen molar-refractivity contribution in [1.29, 1.82) is 0 Å². The monoisotopic (exact) mass is 399 g/mol. The van der Waals surface area contributed by atoms with E-state index in [2.05, 4.69) is 0 Å². The molecule has 1 aliphatic rings. The highest BCUT2D eigenvalue weighted by Crippen LogP contribution is 2.38. The first-order valence-corrected chi connectivity index (χ1v) is 8.68. The van der Waals surface area contributed by atoms with E-state index in [1.165, 1.54) is 4.90 Å². The number of ether oxygens (including phenoxy) is 1. The van der Waals surface area contributed by atoms with Crippen molar-refractivity contribution in [2.75, 3.05) is 13.3 Å². The van der Waals surface area contributed by atoms with Gasteiger partial charge in [0.15, 0.2) is 0 Å². The number of hydrogen-bond donors (Lipinski definition) is 0. The second-order valence-electron chi connectivity index (χ2n) is 6.71. The third-order valence-corrected chi connectivity index (χ3v) is 4.68. The minimum absolute atomic E-state index is 0.113. The fourth-order valence-corrected chi connectivity index (χ4v) is 3.30. The summed E-state index contributed by atoms with van der Waals surface area (Å²) in [5.74, 6) is -5.32.